The molecule has 1 aliphatic rings. The molecular weight excluding hydrogens is 528 g/mol. The highest BCUT2D eigenvalue weighted by molar-refractivity contribution is 7.22. The lowest BCUT2D eigenvalue weighted by molar-refractivity contribution is -0.149. The number of anilines is 2. The van der Waals surface area contributed by atoms with Crippen LogP contribution in [-0.2, 0) is 4.79 Å². The van der Waals surface area contributed by atoms with Crippen LogP contribution in [0.5, 0.6) is 0 Å². The number of amides is 2. The Morgan fingerprint density at radius 1 is 1.12 bits per heavy atom. The van der Waals surface area contributed by atoms with Crippen LogP contribution in [0.2, 0.25) is 0 Å². The molecule has 1 saturated heterocycles. The summed E-state index contributed by atoms with van der Waals surface area (Å²) in [7, 11) is 0. The molecule has 0 spiro atoms. The molecule has 3 aromatic heterocycles. The summed E-state index contributed by atoms with van der Waals surface area (Å²) in [5.74, 6) is -0.211. The molecule has 0 saturated carbocycles. The van der Waals surface area contributed by atoms with Crippen LogP contribution >= 0.6 is 11.3 Å². The smallest absolute Gasteiger partial charge is 0.321 e. The van der Waals surface area contributed by atoms with E-state index in [-0.39, 0.29) is 6.03 Å². The predicted molar refractivity (Wildman–Crippen MR) is 153 cm³/mol. The van der Waals surface area contributed by atoms with Gasteiger partial charge in [-0.2, -0.15) is 5.26 Å². The molecule has 5 rings (SSSR count). The maximum Gasteiger partial charge on any atom is 0.321 e. The second-order valence-corrected chi connectivity index (χ2v) is 11.0. The van der Waals surface area contributed by atoms with Crippen LogP contribution in [0.3, 0.4) is 0 Å². The number of fused-ring (bicyclic) bond motifs is 1. The first-order chi connectivity index (χ1) is 19.2. The quantitative estimate of drug-likeness (QED) is 0.303. The first kappa shape index (κ1) is 27.0. The van der Waals surface area contributed by atoms with Gasteiger partial charge in [0.1, 0.15) is 6.07 Å². The molecule has 204 valence electrons. The van der Waals surface area contributed by atoms with Gasteiger partial charge in [0.2, 0.25) is 5.95 Å². The lowest BCUT2D eigenvalue weighted by Gasteiger charge is -2.36. The number of piperidine rings is 1. The molecule has 11 nitrogen and oxygen atoms in total. The predicted octanol–water partition coefficient (Wildman–Crippen LogP) is 4.83. The van der Waals surface area contributed by atoms with E-state index < -0.39 is 11.4 Å². The second kappa shape index (κ2) is 10.9. The van der Waals surface area contributed by atoms with Gasteiger partial charge in [-0.25, -0.2) is 19.7 Å². The number of aromatic nitrogens is 4. The third-order valence-corrected chi connectivity index (χ3v) is 8.21. The third-order valence-electron chi connectivity index (χ3n) is 7.19. The number of carbonyl (C=O) groups excluding carboxylic acids is 1. The molecule has 1 aliphatic heterocycles. The number of aryl methyl sites for hydroxylation is 1. The Kier molecular flexibility index (Phi) is 7.32. The second-order valence-electron chi connectivity index (χ2n) is 10.00. The number of nitrogens with zero attached hydrogens (tertiary/aromatic N) is 6. The molecule has 1 aromatic carbocycles. The summed E-state index contributed by atoms with van der Waals surface area (Å²) < 4.78 is 0.847. The summed E-state index contributed by atoms with van der Waals surface area (Å²) in [5.41, 5.74) is 4.37. The van der Waals surface area contributed by atoms with Crippen LogP contribution in [0.25, 0.3) is 32.6 Å². The number of carbonyl (C=O) groups is 2. The molecule has 0 radical (unpaired) electrons. The van der Waals surface area contributed by atoms with E-state index in [0.717, 1.165) is 27.0 Å². The van der Waals surface area contributed by atoms with E-state index in [1.807, 2.05) is 36.9 Å². The van der Waals surface area contributed by atoms with Crippen LogP contribution in [0.15, 0.2) is 36.8 Å². The van der Waals surface area contributed by atoms with E-state index in [1.165, 1.54) is 11.3 Å². The SMILES string of the molecule is CCNC(=O)Nc1nc2cc(-c3cnc(N4CCC(C)(C(=O)O)CC4)nc3)cc(-c3cc(C)c(C#N)cn3)c2s1. The van der Waals surface area contributed by atoms with Crippen molar-refractivity contribution < 1.29 is 14.7 Å². The van der Waals surface area contributed by atoms with Gasteiger partial charge >= 0.3 is 12.0 Å². The Hall–Kier alpha value is -4.63. The number of nitriles is 1. The molecular formula is C28H28N8O3S. The molecule has 12 heteroatoms. The van der Waals surface area contributed by atoms with Gasteiger partial charge in [-0.1, -0.05) is 11.3 Å². The van der Waals surface area contributed by atoms with Crippen LogP contribution in [0.4, 0.5) is 15.9 Å². The minimum Gasteiger partial charge on any atom is -0.481 e. The van der Waals surface area contributed by atoms with E-state index in [9.17, 15) is 20.0 Å². The zero-order valence-corrected chi connectivity index (χ0v) is 23.2. The minimum absolute atomic E-state index is 0.332. The summed E-state index contributed by atoms with van der Waals surface area (Å²) in [6.45, 7) is 7.13. The van der Waals surface area contributed by atoms with Crippen molar-refractivity contribution in [2.45, 2.75) is 33.6 Å². The summed E-state index contributed by atoms with van der Waals surface area (Å²) >= 11 is 1.35. The molecule has 0 aliphatic carbocycles. The van der Waals surface area contributed by atoms with Crippen molar-refractivity contribution in [1.82, 2.24) is 25.3 Å². The Morgan fingerprint density at radius 3 is 2.48 bits per heavy atom. The molecule has 0 bridgehead atoms. The Bertz CT molecular complexity index is 1640. The standard InChI is InChI=1S/C28H28N8O3S/c1-4-30-26(39)35-27-34-22-11-17(10-20(23(22)40-27)21-9-16(2)18(12-29)13-31-21)19-14-32-25(33-15-19)36-7-5-28(3,6-8-36)24(37)38/h9-11,13-15H,4-8H2,1-3H3,(H,37,38)(H2,30,34,35,39). The van der Waals surface area contributed by atoms with Crippen molar-refractivity contribution in [1.29, 1.82) is 5.26 Å². The highest BCUT2D eigenvalue weighted by atomic mass is 32.1. The Labute approximate surface area is 234 Å². The number of thiazole rings is 1. The van der Waals surface area contributed by atoms with Crippen LogP contribution in [0.1, 0.15) is 37.8 Å². The molecule has 40 heavy (non-hydrogen) atoms. The average molecular weight is 557 g/mol. The fourth-order valence-electron chi connectivity index (χ4n) is 4.61. The Morgan fingerprint density at radius 2 is 1.85 bits per heavy atom. The van der Waals surface area contributed by atoms with E-state index >= 15 is 0 Å². The first-order valence-corrected chi connectivity index (χ1v) is 13.7. The van der Waals surface area contributed by atoms with Crippen molar-refractivity contribution in [2.24, 2.45) is 5.41 Å². The van der Waals surface area contributed by atoms with Crippen LogP contribution < -0.4 is 15.5 Å². The van der Waals surface area contributed by atoms with Gasteiger partial charge in [-0.3, -0.25) is 15.1 Å². The molecule has 4 aromatic rings. The van der Waals surface area contributed by atoms with Gasteiger partial charge < -0.3 is 15.3 Å². The number of carboxylic acid groups (broad SMARTS) is 1. The maximum atomic E-state index is 12.1. The molecule has 0 atom stereocenters. The first-order valence-electron chi connectivity index (χ1n) is 12.9. The number of urea groups is 1. The van der Waals surface area contributed by atoms with E-state index in [4.69, 9.17) is 0 Å². The number of aliphatic carboxylic acids is 1. The number of carboxylic acids is 1. The fourth-order valence-corrected chi connectivity index (χ4v) is 5.58. The van der Waals surface area contributed by atoms with Gasteiger partial charge in [0, 0.05) is 49.4 Å². The normalized spacial score (nSPS) is 14.5. The number of nitrogens with one attached hydrogen (secondary N) is 2. The fraction of sp³-hybridized carbons (Fsp3) is 0.321. The number of rotatable bonds is 6. The summed E-state index contributed by atoms with van der Waals surface area (Å²) in [4.78, 5) is 44.1. The lowest BCUT2D eigenvalue weighted by Crippen LogP contribution is -2.43. The molecule has 4 heterocycles. The Balaban J connectivity index is 1.50. The van der Waals surface area contributed by atoms with Gasteiger partial charge in [0.25, 0.3) is 0 Å². The largest absolute Gasteiger partial charge is 0.481 e. The minimum atomic E-state index is -0.770. The topological polar surface area (TPSA) is 157 Å². The number of hydrogen-bond acceptors (Lipinski definition) is 9. The van der Waals surface area contributed by atoms with Crippen molar-refractivity contribution in [2.75, 3.05) is 29.9 Å². The monoisotopic (exact) mass is 556 g/mol. The van der Waals surface area contributed by atoms with Crippen molar-refractivity contribution in [3.05, 3.63) is 47.9 Å². The lowest BCUT2D eigenvalue weighted by atomic mass is 9.80. The van der Waals surface area contributed by atoms with Crippen molar-refractivity contribution in [3.63, 3.8) is 0 Å². The van der Waals surface area contributed by atoms with Crippen LogP contribution in [-0.4, -0.2) is 56.7 Å². The number of pyridine rings is 1. The van der Waals surface area contributed by atoms with Crippen molar-refractivity contribution in [3.8, 4) is 28.5 Å². The average Bonchev–Trinajstić information content (AvgIpc) is 3.35. The molecule has 1 fully saturated rings. The van der Waals surface area contributed by atoms with Gasteiger partial charge in [-0.05, 0) is 62.9 Å². The maximum absolute atomic E-state index is 12.1. The van der Waals surface area contributed by atoms with E-state index in [0.29, 0.717) is 60.3 Å². The molecule has 3 N–H and O–H groups in total. The molecule has 2 amide bonds. The zero-order valence-electron chi connectivity index (χ0n) is 22.4. The summed E-state index contributed by atoms with van der Waals surface area (Å²) in [5, 5.41) is 24.8. The van der Waals surface area contributed by atoms with Gasteiger partial charge in [0.05, 0.1) is 26.9 Å². The van der Waals surface area contributed by atoms with E-state index in [1.54, 1.807) is 25.5 Å². The van der Waals surface area contributed by atoms with Gasteiger partial charge in [-0.15, -0.1) is 0 Å². The summed E-state index contributed by atoms with van der Waals surface area (Å²) in [6, 6.07) is 7.60. The van der Waals surface area contributed by atoms with Crippen molar-refractivity contribution >= 4 is 44.6 Å². The molecule has 0 unspecified atom stereocenters. The highest BCUT2D eigenvalue weighted by Crippen LogP contribution is 2.39. The summed E-state index contributed by atoms with van der Waals surface area (Å²) in [6.07, 6.45) is 6.11. The third kappa shape index (κ3) is 5.28. The zero-order chi connectivity index (χ0) is 28.4. The van der Waals surface area contributed by atoms with E-state index in [2.05, 4.69) is 36.6 Å². The number of hydrogen-bond donors (Lipinski definition) is 3. The number of benzene rings is 1. The highest BCUT2D eigenvalue weighted by Gasteiger charge is 2.37. The van der Waals surface area contributed by atoms with Crippen LogP contribution in [0, 0.1) is 23.7 Å². The van der Waals surface area contributed by atoms with Gasteiger partial charge in [0.15, 0.2) is 5.13 Å².